The van der Waals surface area contributed by atoms with Gasteiger partial charge in [-0.3, -0.25) is 0 Å². The predicted molar refractivity (Wildman–Crippen MR) is 48.7 cm³/mol. The van der Waals surface area contributed by atoms with E-state index >= 15 is 0 Å². The van der Waals surface area contributed by atoms with E-state index in [9.17, 15) is 17.4 Å². The van der Waals surface area contributed by atoms with Crippen molar-refractivity contribution in [2.75, 3.05) is 7.11 Å². The number of methoxy groups -OCH3 is 1. The lowest BCUT2D eigenvalue weighted by atomic mass is 10.3. The summed E-state index contributed by atoms with van der Waals surface area (Å²) in [7, 11) is 1.17. The van der Waals surface area contributed by atoms with Crippen LogP contribution in [0.5, 0.6) is 11.5 Å². The molecule has 0 aromatic heterocycles. The number of halogens is 3. The first kappa shape index (κ1) is 12.8. The predicted octanol–water partition coefficient (Wildman–Crippen LogP) is 2.17. The SMILES string of the molecule is COc1cc(OC(F)(F)F)ccc1S(=O)O. The highest BCUT2D eigenvalue weighted by Gasteiger charge is 2.31. The Morgan fingerprint density at radius 1 is 1.38 bits per heavy atom. The largest absolute Gasteiger partial charge is 0.573 e. The fourth-order valence-corrected chi connectivity index (χ4v) is 1.49. The van der Waals surface area contributed by atoms with Crippen LogP contribution in [0.4, 0.5) is 13.2 Å². The van der Waals surface area contributed by atoms with Crippen LogP contribution in [0.2, 0.25) is 0 Å². The monoisotopic (exact) mass is 256 g/mol. The highest BCUT2D eigenvalue weighted by atomic mass is 32.2. The molecule has 0 aliphatic carbocycles. The maximum absolute atomic E-state index is 11.9. The average Bonchev–Trinajstić information content (AvgIpc) is 2.14. The van der Waals surface area contributed by atoms with E-state index in [1.54, 1.807) is 0 Å². The van der Waals surface area contributed by atoms with Crippen molar-refractivity contribution in [2.45, 2.75) is 11.3 Å². The Bertz CT molecular complexity index is 405. The average molecular weight is 256 g/mol. The number of ether oxygens (including phenoxy) is 2. The zero-order chi connectivity index (χ0) is 12.3. The molecule has 0 amide bonds. The lowest BCUT2D eigenvalue weighted by Gasteiger charge is -2.11. The van der Waals surface area contributed by atoms with Gasteiger partial charge in [0.1, 0.15) is 16.4 Å². The smallest absolute Gasteiger partial charge is 0.495 e. The van der Waals surface area contributed by atoms with Crippen molar-refractivity contribution in [1.82, 2.24) is 0 Å². The Hall–Kier alpha value is -1.28. The van der Waals surface area contributed by atoms with Gasteiger partial charge in [0.05, 0.1) is 7.11 Å². The van der Waals surface area contributed by atoms with Gasteiger partial charge in [0.2, 0.25) is 0 Å². The summed E-state index contributed by atoms with van der Waals surface area (Å²) in [5.74, 6) is -0.666. The molecule has 0 saturated carbocycles. The van der Waals surface area contributed by atoms with E-state index in [0.717, 1.165) is 18.2 Å². The van der Waals surface area contributed by atoms with Gasteiger partial charge in [-0.15, -0.1) is 13.2 Å². The van der Waals surface area contributed by atoms with Crippen LogP contribution in [0, 0.1) is 0 Å². The first-order chi connectivity index (χ1) is 7.33. The van der Waals surface area contributed by atoms with Gasteiger partial charge in [0, 0.05) is 6.07 Å². The number of hydrogen-bond acceptors (Lipinski definition) is 3. The summed E-state index contributed by atoms with van der Waals surface area (Å²) in [5.41, 5.74) is 0. The van der Waals surface area contributed by atoms with E-state index in [0.29, 0.717) is 0 Å². The maximum atomic E-state index is 11.9. The van der Waals surface area contributed by atoms with E-state index < -0.39 is 23.2 Å². The van der Waals surface area contributed by atoms with E-state index in [1.165, 1.54) is 7.11 Å². The van der Waals surface area contributed by atoms with E-state index in [1.807, 2.05) is 0 Å². The third-order valence-corrected chi connectivity index (χ3v) is 2.27. The second-order valence-electron chi connectivity index (χ2n) is 2.61. The van der Waals surface area contributed by atoms with E-state index in [2.05, 4.69) is 9.47 Å². The zero-order valence-corrected chi connectivity index (χ0v) is 8.76. The molecule has 1 aromatic carbocycles. The summed E-state index contributed by atoms with van der Waals surface area (Å²) in [6.07, 6.45) is -4.81. The van der Waals surface area contributed by atoms with Gasteiger partial charge in [0.15, 0.2) is 11.1 Å². The first-order valence-corrected chi connectivity index (χ1v) is 4.99. The van der Waals surface area contributed by atoms with Gasteiger partial charge in [0.25, 0.3) is 0 Å². The third kappa shape index (κ3) is 3.38. The summed E-state index contributed by atoms with van der Waals surface area (Å²) in [5, 5.41) is 0. The summed E-state index contributed by atoms with van der Waals surface area (Å²) in [6, 6.07) is 2.84. The molecule has 0 aliphatic heterocycles. The van der Waals surface area contributed by atoms with Crippen LogP contribution in [0.3, 0.4) is 0 Å². The standard InChI is InChI=1S/C8H7F3O4S/c1-14-6-4-5(15-8(9,10)11)2-3-7(6)16(12)13/h2-4H,1H3,(H,12,13). The minimum Gasteiger partial charge on any atom is -0.495 e. The number of alkyl halides is 3. The molecular formula is C8H7F3O4S. The van der Waals surface area contributed by atoms with E-state index in [4.69, 9.17) is 4.55 Å². The summed E-state index contributed by atoms with van der Waals surface area (Å²) >= 11 is -2.33. The fraction of sp³-hybridized carbons (Fsp3) is 0.250. The maximum Gasteiger partial charge on any atom is 0.573 e. The van der Waals surface area contributed by atoms with Gasteiger partial charge >= 0.3 is 6.36 Å². The molecule has 1 rings (SSSR count). The molecule has 0 heterocycles. The molecule has 1 unspecified atom stereocenters. The van der Waals surface area contributed by atoms with Gasteiger partial charge in [-0.2, -0.15) is 0 Å². The van der Waals surface area contributed by atoms with Crippen LogP contribution >= 0.6 is 0 Å². The van der Waals surface area contributed by atoms with Crippen molar-refractivity contribution in [1.29, 1.82) is 0 Å². The molecule has 90 valence electrons. The van der Waals surface area contributed by atoms with E-state index in [-0.39, 0.29) is 10.6 Å². The fourth-order valence-electron chi connectivity index (χ4n) is 0.989. The number of hydrogen-bond donors (Lipinski definition) is 1. The second-order valence-corrected chi connectivity index (χ2v) is 3.55. The molecule has 0 aliphatic rings. The number of benzene rings is 1. The molecule has 0 bridgehead atoms. The molecule has 0 radical (unpaired) electrons. The second kappa shape index (κ2) is 4.71. The lowest BCUT2D eigenvalue weighted by molar-refractivity contribution is -0.274. The van der Waals surface area contributed by atoms with Crippen LogP contribution in [-0.4, -0.2) is 22.2 Å². The highest BCUT2D eigenvalue weighted by Crippen LogP contribution is 2.30. The molecule has 0 spiro atoms. The van der Waals surface area contributed by atoms with Gasteiger partial charge in [-0.25, -0.2) is 4.21 Å². The van der Waals surface area contributed by atoms with Crippen molar-refractivity contribution in [3.63, 3.8) is 0 Å². The molecule has 16 heavy (non-hydrogen) atoms. The lowest BCUT2D eigenvalue weighted by Crippen LogP contribution is -2.17. The van der Waals surface area contributed by atoms with Crippen LogP contribution in [0.1, 0.15) is 0 Å². The van der Waals surface area contributed by atoms with Crippen molar-refractivity contribution < 1.29 is 31.4 Å². The van der Waals surface area contributed by atoms with Crippen molar-refractivity contribution in [3.05, 3.63) is 18.2 Å². The molecule has 1 N–H and O–H groups in total. The minimum atomic E-state index is -4.81. The van der Waals surface area contributed by atoms with Crippen LogP contribution < -0.4 is 9.47 Å². The quantitative estimate of drug-likeness (QED) is 0.842. The Morgan fingerprint density at radius 2 is 2.00 bits per heavy atom. The summed E-state index contributed by atoms with van der Waals surface area (Å²) in [6.45, 7) is 0. The topological polar surface area (TPSA) is 55.8 Å². The molecular weight excluding hydrogens is 249 g/mol. The molecule has 8 heteroatoms. The molecule has 4 nitrogen and oxygen atoms in total. The van der Waals surface area contributed by atoms with Crippen LogP contribution in [-0.2, 0) is 11.1 Å². The minimum absolute atomic E-state index is 0.128. The molecule has 0 saturated heterocycles. The highest BCUT2D eigenvalue weighted by molar-refractivity contribution is 7.79. The van der Waals surface area contributed by atoms with Crippen molar-refractivity contribution in [2.24, 2.45) is 0 Å². The third-order valence-electron chi connectivity index (χ3n) is 1.56. The Labute approximate surface area is 91.3 Å². The number of rotatable bonds is 3. The Kier molecular flexibility index (Phi) is 3.76. The Balaban J connectivity index is 3.05. The summed E-state index contributed by atoms with van der Waals surface area (Å²) in [4.78, 5) is -0.128. The zero-order valence-electron chi connectivity index (χ0n) is 7.95. The van der Waals surface area contributed by atoms with Gasteiger partial charge < -0.3 is 14.0 Å². The summed E-state index contributed by atoms with van der Waals surface area (Å²) < 4.78 is 63.4. The molecule has 0 fully saturated rings. The molecule has 1 atom stereocenters. The van der Waals surface area contributed by atoms with Gasteiger partial charge in [-0.05, 0) is 12.1 Å². The normalized spacial score (nSPS) is 13.3. The molecule has 1 aromatic rings. The van der Waals surface area contributed by atoms with Crippen molar-refractivity contribution >= 4 is 11.1 Å². The van der Waals surface area contributed by atoms with Crippen LogP contribution in [0.25, 0.3) is 0 Å². The van der Waals surface area contributed by atoms with Gasteiger partial charge in [-0.1, -0.05) is 0 Å². The van der Waals surface area contributed by atoms with Crippen molar-refractivity contribution in [3.8, 4) is 11.5 Å². The Morgan fingerprint density at radius 3 is 2.44 bits per heavy atom. The van der Waals surface area contributed by atoms with Crippen LogP contribution in [0.15, 0.2) is 23.1 Å². The first-order valence-electron chi connectivity index (χ1n) is 3.88.